The summed E-state index contributed by atoms with van der Waals surface area (Å²) in [5.74, 6) is 6.20. The molecule has 13 rings (SSSR count). The third-order valence-corrected chi connectivity index (χ3v) is 23.6. The standard InChI is InChI=1S/C20H22FNO2S.C19H22FNO3S.C19H22FNO2S.C18H20FNO3S.2C18H20FNO2S/c1-13-6-9-19(14(2)10-13)23-11-17-16(15-7-8-15)4-3-5-18(17)22-20(25)24-12-21;1-4-22-18-7-5-6-16(21-19(25)24-12-20)15(18)11-23-17-9-8-13(2)10-14(17)3;1-4-15-6-5-7-17(21-19(24)23-12-20)16(15)11-22-18-9-8-13(2)10-14(18)3;1-12-6-7-17(13(2)8-12)22-10-15-14(9-21)4-3-5-16(15)20-18(24)23-11-19;2*1-12-7-8-17(14(3)9-12)21-10-15-13(2)5-4-6-16(15)20-18(23)22-11-19/h3-6,9-10,15H,7-8,11-12H2,1-2H3,(H,22,25);5-10H,4,11-12H2,1-3H3,(H,21,25);5-10H,4,11-12H2,1-3H3,(H,21,24);3-8,21H,9-11H2,1-2H3,(H,20,24);2*4-9H,10-11H2,1-3H3,(H,20,23). The molecule has 1 saturated carbocycles. The van der Waals surface area contributed by atoms with Crippen LogP contribution in [0.5, 0.6) is 40.2 Å². The van der Waals surface area contributed by atoms with Gasteiger partial charge < -0.3 is 98.6 Å². The lowest BCUT2D eigenvalue weighted by molar-refractivity contribution is 0.184. The van der Waals surface area contributed by atoms with Gasteiger partial charge >= 0.3 is 0 Å². The lowest BCUT2D eigenvalue weighted by Gasteiger charge is -2.18. The molecule has 766 valence electrons. The molecule has 0 amide bonds. The predicted octanol–water partition coefficient (Wildman–Crippen LogP) is 29.1. The van der Waals surface area contributed by atoms with Gasteiger partial charge in [-0.3, -0.25) is 0 Å². The van der Waals surface area contributed by atoms with Gasteiger partial charge in [-0.2, -0.15) is 0 Å². The molecule has 1 aliphatic rings. The van der Waals surface area contributed by atoms with Crippen LogP contribution in [0.1, 0.15) is 161 Å². The molecule has 12 aromatic carbocycles. The number of aliphatic hydroxyl groups excluding tert-OH is 1. The number of benzene rings is 12. The van der Waals surface area contributed by atoms with E-state index in [1.165, 1.54) is 46.2 Å². The summed E-state index contributed by atoms with van der Waals surface area (Å²) in [5, 5.41) is 26.9. The number of rotatable bonds is 35. The number of alkyl halides is 6. The van der Waals surface area contributed by atoms with E-state index in [1.807, 2.05) is 254 Å². The summed E-state index contributed by atoms with van der Waals surface area (Å²) in [7, 11) is 0. The maximum atomic E-state index is 12.3. The van der Waals surface area contributed by atoms with E-state index >= 15 is 0 Å². The lowest BCUT2D eigenvalue weighted by Crippen LogP contribution is -2.15. The second-order valence-electron chi connectivity index (χ2n) is 33.3. The van der Waals surface area contributed by atoms with Gasteiger partial charge in [0.25, 0.3) is 31.0 Å². The molecule has 1 fully saturated rings. The number of thiocarbonyl (C=S) groups is 6. The summed E-state index contributed by atoms with van der Waals surface area (Å²) in [6.07, 6.45) is 3.23. The topological polar surface area (TPSA) is 212 Å². The zero-order valence-corrected chi connectivity index (χ0v) is 88.8. The van der Waals surface area contributed by atoms with E-state index in [2.05, 4.69) is 113 Å². The van der Waals surface area contributed by atoms with E-state index in [9.17, 15) is 31.4 Å². The van der Waals surface area contributed by atoms with Crippen molar-refractivity contribution in [1.29, 1.82) is 0 Å². The highest BCUT2D eigenvalue weighted by Gasteiger charge is 2.28. The minimum absolute atomic E-state index is 0.00543. The minimum atomic E-state index is -1.00. The molecule has 0 heterocycles. The molecule has 0 aliphatic heterocycles. The number of aryl methyl sites for hydroxylation is 15. The van der Waals surface area contributed by atoms with Crippen LogP contribution in [0.4, 0.5) is 60.5 Å². The van der Waals surface area contributed by atoms with Crippen LogP contribution in [0.3, 0.4) is 0 Å². The van der Waals surface area contributed by atoms with Crippen LogP contribution in [0.25, 0.3) is 0 Å². The van der Waals surface area contributed by atoms with Crippen LogP contribution in [0.2, 0.25) is 0 Å². The summed E-state index contributed by atoms with van der Waals surface area (Å²) in [6, 6.07) is 70.5. The smallest absolute Gasteiger partial charge is 0.263 e. The van der Waals surface area contributed by atoms with Crippen molar-refractivity contribution in [2.75, 3.05) is 79.7 Å². The number of hydrogen-bond donors (Lipinski definition) is 7. The second-order valence-corrected chi connectivity index (χ2v) is 35.5. The number of anilines is 6. The van der Waals surface area contributed by atoms with Crippen molar-refractivity contribution >= 4 is 138 Å². The van der Waals surface area contributed by atoms with E-state index in [-0.39, 0.29) is 50.9 Å². The van der Waals surface area contributed by atoms with Gasteiger partial charge in [-0.1, -0.05) is 180 Å². The summed E-state index contributed by atoms with van der Waals surface area (Å²) in [5.41, 5.74) is 28.7. The Morgan fingerprint density at radius 2 is 0.500 bits per heavy atom. The Bertz CT molecular complexity index is 6040. The quantitative estimate of drug-likeness (QED) is 0.0145. The molecule has 32 heteroatoms. The first-order valence-corrected chi connectivity index (χ1v) is 48.7. The first kappa shape index (κ1) is 116. The first-order chi connectivity index (χ1) is 69.2. The second kappa shape index (κ2) is 61.1. The molecule has 20 nitrogen and oxygen atoms in total. The fourth-order valence-electron chi connectivity index (χ4n) is 15.0. The average Bonchev–Trinajstić information content (AvgIpc) is 1.64. The molecule has 0 radical (unpaired) electrons. The van der Waals surface area contributed by atoms with Crippen molar-refractivity contribution in [1.82, 2.24) is 0 Å². The van der Waals surface area contributed by atoms with Crippen LogP contribution in [-0.2, 0) is 81.1 Å². The Hall–Kier alpha value is -13.1. The number of nitrogens with one attached hydrogen (secondary N) is 6. The van der Waals surface area contributed by atoms with Gasteiger partial charge in [0.1, 0.15) is 79.9 Å². The monoisotopic (exact) mass is 2080 g/mol. The molecule has 0 atom stereocenters. The fourth-order valence-corrected chi connectivity index (χ4v) is 15.9. The molecule has 0 unspecified atom stereocenters. The molecule has 7 N–H and O–H groups in total. The van der Waals surface area contributed by atoms with E-state index in [0.717, 1.165) is 153 Å². The Morgan fingerprint density at radius 3 is 0.771 bits per heavy atom. The molecule has 0 spiro atoms. The molecule has 0 saturated heterocycles. The van der Waals surface area contributed by atoms with Crippen molar-refractivity contribution in [2.24, 2.45) is 0 Å². The number of halogens is 6. The predicted molar refractivity (Wildman–Crippen MR) is 588 cm³/mol. The first-order valence-electron chi connectivity index (χ1n) is 46.3. The molecular formula is C112H126F6N6O14S6. The van der Waals surface area contributed by atoms with Crippen molar-refractivity contribution in [3.63, 3.8) is 0 Å². The summed E-state index contributed by atoms with van der Waals surface area (Å²) in [4.78, 5) is 0. The van der Waals surface area contributed by atoms with Gasteiger partial charge in [-0.15, -0.1) is 0 Å². The van der Waals surface area contributed by atoms with Gasteiger partial charge in [0.05, 0.1) is 24.5 Å². The molecule has 0 bridgehead atoms. The normalized spacial score (nSPS) is 10.8. The van der Waals surface area contributed by atoms with Crippen molar-refractivity contribution < 1.29 is 93.0 Å². The average molecular weight is 2090 g/mol. The van der Waals surface area contributed by atoms with Gasteiger partial charge in [0, 0.05) is 56.3 Å². The molecule has 12 aromatic rings. The van der Waals surface area contributed by atoms with Crippen LogP contribution in [0, 0.1) is 96.9 Å². The van der Waals surface area contributed by atoms with Gasteiger partial charge in [-0.25, -0.2) is 26.3 Å². The van der Waals surface area contributed by atoms with Gasteiger partial charge in [0.2, 0.25) is 41.2 Å². The Kier molecular flexibility index (Phi) is 49.3. The lowest BCUT2D eigenvalue weighted by atomic mass is 10.0. The third-order valence-electron chi connectivity index (χ3n) is 22.3. The van der Waals surface area contributed by atoms with Crippen LogP contribution >= 0.6 is 73.3 Å². The highest BCUT2D eigenvalue weighted by Crippen LogP contribution is 2.44. The maximum absolute atomic E-state index is 12.3. The summed E-state index contributed by atoms with van der Waals surface area (Å²) >= 11 is 29.7. The minimum Gasteiger partial charge on any atom is -0.493 e. The van der Waals surface area contributed by atoms with E-state index in [1.54, 1.807) is 18.2 Å². The number of aliphatic hydroxyl groups is 1. The highest BCUT2D eigenvalue weighted by atomic mass is 32.1. The highest BCUT2D eigenvalue weighted by molar-refractivity contribution is 7.81. The third kappa shape index (κ3) is 38.2. The SMILES string of the molecule is CCOc1cccc(NC(=S)OCF)c1COc1ccc(C)cc1C.CCc1cccc(NC(=S)OCF)c1COc1ccc(C)cc1C.Cc1ccc(OCc2c(C)cccc2NC(=S)OCF)c(C)c1.Cc1ccc(OCc2c(C)cccc2NC(=S)OCF)c(C)c1.Cc1ccc(OCc2c(CO)cccc2NC(=S)OCF)c(C)c1.Cc1ccc(OCc2c(NC(=S)OCF)cccc2C2CC2)c(C)c1. The Balaban J connectivity index is 0.000000211. The van der Waals surface area contributed by atoms with Crippen molar-refractivity contribution in [3.8, 4) is 40.2 Å². The largest absolute Gasteiger partial charge is 0.493 e. The van der Waals surface area contributed by atoms with Crippen molar-refractivity contribution in [3.05, 3.63) is 346 Å². The van der Waals surface area contributed by atoms with Gasteiger partial charge in [-0.05, 0) is 342 Å². The van der Waals surface area contributed by atoms with Crippen LogP contribution in [-0.4, -0.2) is 83.9 Å². The van der Waals surface area contributed by atoms with Crippen molar-refractivity contribution in [2.45, 2.75) is 182 Å². The zero-order chi connectivity index (χ0) is 105. The van der Waals surface area contributed by atoms with E-state index in [0.29, 0.717) is 61.6 Å². The molecular weight excluding hydrogens is 1960 g/mol. The van der Waals surface area contributed by atoms with Crippen LogP contribution < -0.4 is 65.1 Å². The van der Waals surface area contributed by atoms with Crippen LogP contribution in [0.15, 0.2) is 218 Å². The zero-order valence-electron chi connectivity index (χ0n) is 83.9. The summed E-state index contributed by atoms with van der Waals surface area (Å²) < 4.78 is 143. The molecule has 0 aromatic heterocycles. The fraction of sp³-hybridized carbons (Fsp3) is 0.304. The van der Waals surface area contributed by atoms with E-state index in [4.69, 9.17) is 111 Å². The Morgan fingerprint density at radius 1 is 0.264 bits per heavy atom. The number of hydrogen-bond acceptors (Lipinski definition) is 20. The Labute approximate surface area is 873 Å². The number of ether oxygens (including phenoxy) is 13. The maximum Gasteiger partial charge on any atom is 0.263 e. The molecule has 1 aliphatic carbocycles. The van der Waals surface area contributed by atoms with Gasteiger partial charge in [0.15, 0.2) is 0 Å². The van der Waals surface area contributed by atoms with E-state index < -0.39 is 41.2 Å². The molecule has 144 heavy (non-hydrogen) atoms. The summed E-state index contributed by atoms with van der Waals surface area (Å²) in [6.45, 7) is 29.0.